The van der Waals surface area contributed by atoms with Gasteiger partial charge in [0.15, 0.2) is 0 Å². The highest BCUT2D eigenvalue weighted by Gasteiger charge is 2.24. The quantitative estimate of drug-likeness (QED) is 0.802. The fraction of sp³-hybridized carbons (Fsp3) is 0.235. The molecule has 1 amide bonds. The van der Waals surface area contributed by atoms with Crippen molar-refractivity contribution in [2.45, 2.75) is 18.9 Å². The number of hydrogen-bond acceptors (Lipinski definition) is 5. The second kappa shape index (κ2) is 6.06. The first-order valence-corrected chi connectivity index (χ1v) is 8.36. The Hall–Kier alpha value is -2.31. The zero-order valence-electron chi connectivity index (χ0n) is 12.4. The standard InChI is InChI=1S/C17H15N3O2S/c21-16(10-15-17-11(3-7-22-15)4-8-23-17)20-12-1-2-13-14(9-12)19-6-5-18-13/h1-2,4-6,8-9,15H,3,7,10H2,(H,20,21). The van der Waals surface area contributed by atoms with E-state index in [1.807, 2.05) is 18.2 Å². The van der Waals surface area contributed by atoms with Gasteiger partial charge in [0.05, 0.1) is 24.1 Å². The summed E-state index contributed by atoms with van der Waals surface area (Å²) >= 11 is 1.66. The van der Waals surface area contributed by atoms with E-state index in [9.17, 15) is 4.79 Å². The molecule has 4 rings (SSSR count). The monoisotopic (exact) mass is 325 g/mol. The third-order valence-electron chi connectivity index (χ3n) is 3.89. The SMILES string of the molecule is O=C(CC1OCCc2ccsc21)Nc1ccc2nccnc2c1. The molecule has 0 spiro atoms. The molecular weight excluding hydrogens is 310 g/mol. The number of carbonyl (C=O) groups is 1. The van der Waals surface area contributed by atoms with Crippen molar-refractivity contribution in [3.05, 3.63) is 52.5 Å². The number of carbonyl (C=O) groups excluding carboxylic acids is 1. The van der Waals surface area contributed by atoms with Gasteiger partial charge in [-0.15, -0.1) is 11.3 Å². The molecule has 1 aliphatic heterocycles. The van der Waals surface area contributed by atoms with Crippen LogP contribution in [0, 0.1) is 0 Å². The molecule has 0 radical (unpaired) electrons. The summed E-state index contributed by atoms with van der Waals surface area (Å²) in [6, 6.07) is 7.65. The van der Waals surface area contributed by atoms with Crippen LogP contribution in [0.3, 0.4) is 0 Å². The van der Waals surface area contributed by atoms with Crippen molar-refractivity contribution in [2.75, 3.05) is 11.9 Å². The maximum atomic E-state index is 12.3. The molecule has 6 heteroatoms. The molecule has 0 fully saturated rings. The number of rotatable bonds is 3. The second-order valence-corrected chi connectivity index (χ2v) is 6.38. The van der Waals surface area contributed by atoms with Gasteiger partial charge in [-0.1, -0.05) is 0 Å². The number of thiophene rings is 1. The van der Waals surface area contributed by atoms with Gasteiger partial charge in [0, 0.05) is 23.0 Å². The first-order chi connectivity index (χ1) is 11.3. The lowest BCUT2D eigenvalue weighted by Gasteiger charge is -2.22. The van der Waals surface area contributed by atoms with Gasteiger partial charge >= 0.3 is 0 Å². The van der Waals surface area contributed by atoms with Crippen LogP contribution < -0.4 is 5.32 Å². The van der Waals surface area contributed by atoms with E-state index in [1.54, 1.807) is 23.7 Å². The van der Waals surface area contributed by atoms with Crippen LogP contribution in [-0.4, -0.2) is 22.5 Å². The molecule has 2 aromatic heterocycles. The van der Waals surface area contributed by atoms with Crippen molar-refractivity contribution in [1.82, 2.24) is 9.97 Å². The molecular formula is C17H15N3O2S. The lowest BCUT2D eigenvalue weighted by Crippen LogP contribution is -2.21. The molecule has 3 heterocycles. The molecule has 1 N–H and O–H groups in total. The van der Waals surface area contributed by atoms with Crippen LogP contribution in [0.25, 0.3) is 11.0 Å². The summed E-state index contributed by atoms with van der Waals surface area (Å²) in [5.41, 5.74) is 3.61. The van der Waals surface area contributed by atoms with Gasteiger partial charge in [0.25, 0.3) is 0 Å². The highest BCUT2D eigenvalue weighted by molar-refractivity contribution is 7.10. The Morgan fingerprint density at radius 3 is 3.04 bits per heavy atom. The summed E-state index contributed by atoms with van der Waals surface area (Å²) in [6.45, 7) is 0.674. The Balaban J connectivity index is 1.48. The van der Waals surface area contributed by atoms with Crippen molar-refractivity contribution in [3.8, 4) is 0 Å². The highest BCUT2D eigenvalue weighted by Crippen LogP contribution is 2.34. The minimum Gasteiger partial charge on any atom is -0.372 e. The topological polar surface area (TPSA) is 64.1 Å². The maximum absolute atomic E-state index is 12.3. The molecule has 0 saturated carbocycles. The van der Waals surface area contributed by atoms with E-state index in [4.69, 9.17) is 4.74 Å². The smallest absolute Gasteiger partial charge is 0.227 e. The van der Waals surface area contributed by atoms with E-state index in [-0.39, 0.29) is 12.0 Å². The number of amides is 1. The van der Waals surface area contributed by atoms with Crippen molar-refractivity contribution in [2.24, 2.45) is 0 Å². The fourth-order valence-corrected chi connectivity index (χ4v) is 3.80. The van der Waals surface area contributed by atoms with Gasteiger partial charge < -0.3 is 10.1 Å². The van der Waals surface area contributed by atoms with Gasteiger partial charge in [-0.3, -0.25) is 14.8 Å². The third-order valence-corrected chi connectivity index (χ3v) is 4.94. The van der Waals surface area contributed by atoms with Crippen LogP contribution in [0.5, 0.6) is 0 Å². The van der Waals surface area contributed by atoms with Gasteiger partial charge in [-0.2, -0.15) is 0 Å². The molecule has 5 nitrogen and oxygen atoms in total. The number of hydrogen-bond donors (Lipinski definition) is 1. The summed E-state index contributed by atoms with van der Waals surface area (Å²) in [6.07, 6.45) is 4.41. The first kappa shape index (κ1) is 14.3. The lowest BCUT2D eigenvalue weighted by molar-refractivity contribution is -0.119. The van der Waals surface area contributed by atoms with Crippen LogP contribution in [0.4, 0.5) is 5.69 Å². The van der Waals surface area contributed by atoms with Crippen LogP contribution in [0.15, 0.2) is 42.0 Å². The van der Waals surface area contributed by atoms with Crippen molar-refractivity contribution >= 4 is 34.0 Å². The largest absolute Gasteiger partial charge is 0.372 e. The Morgan fingerprint density at radius 2 is 2.13 bits per heavy atom. The van der Waals surface area contributed by atoms with E-state index in [0.717, 1.165) is 23.1 Å². The first-order valence-electron chi connectivity index (χ1n) is 7.48. The summed E-state index contributed by atoms with van der Waals surface area (Å²) in [4.78, 5) is 22.0. The van der Waals surface area contributed by atoms with Gasteiger partial charge in [-0.05, 0) is 41.6 Å². The number of aromatic nitrogens is 2. The summed E-state index contributed by atoms with van der Waals surface area (Å²) in [5, 5.41) is 4.98. The van der Waals surface area contributed by atoms with Gasteiger partial charge in [0.2, 0.25) is 5.91 Å². The molecule has 1 unspecified atom stereocenters. The van der Waals surface area contributed by atoms with Crippen molar-refractivity contribution in [1.29, 1.82) is 0 Å². The zero-order chi connectivity index (χ0) is 15.6. The van der Waals surface area contributed by atoms with E-state index in [1.165, 1.54) is 10.4 Å². The van der Waals surface area contributed by atoms with E-state index < -0.39 is 0 Å². The summed E-state index contributed by atoms with van der Waals surface area (Å²) in [5.74, 6) is -0.0560. The molecule has 3 aromatic rings. The van der Waals surface area contributed by atoms with Crippen molar-refractivity contribution in [3.63, 3.8) is 0 Å². The Kier molecular flexibility index (Phi) is 3.77. The van der Waals surface area contributed by atoms with Crippen LogP contribution >= 0.6 is 11.3 Å². The van der Waals surface area contributed by atoms with E-state index >= 15 is 0 Å². The molecule has 1 aliphatic rings. The summed E-state index contributed by atoms with van der Waals surface area (Å²) < 4.78 is 5.77. The number of benzene rings is 1. The maximum Gasteiger partial charge on any atom is 0.227 e. The van der Waals surface area contributed by atoms with E-state index in [2.05, 4.69) is 26.7 Å². The molecule has 23 heavy (non-hydrogen) atoms. The zero-order valence-corrected chi connectivity index (χ0v) is 13.2. The minimum atomic E-state index is -0.140. The lowest BCUT2D eigenvalue weighted by atomic mass is 10.1. The second-order valence-electron chi connectivity index (χ2n) is 5.43. The van der Waals surface area contributed by atoms with Gasteiger partial charge in [-0.25, -0.2) is 0 Å². The molecule has 1 atom stereocenters. The van der Waals surface area contributed by atoms with Crippen LogP contribution in [-0.2, 0) is 16.0 Å². The summed E-state index contributed by atoms with van der Waals surface area (Å²) in [7, 11) is 0. The molecule has 0 aliphatic carbocycles. The molecule has 0 saturated heterocycles. The van der Waals surface area contributed by atoms with Crippen molar-refractivity contribution < 1.29 is 9.53 Å². The minimum absolute atomic E-state index is 0.0560. The normalized spacial score (nSPS) is 17.0. The molecule has 116 valence electrons. The number of fused-ring (bicyclic) bond motifs is 2. The highest BCUT2D eigenvalue weighted by atomic mass is 32.1. The number of ether oxygens (including phenoxy) is 1. The predicted molar refractivity (Wildman–Crippen MR) is 89.5 cm³/mol. The van der Waals surface area contributed by atoms with Crippen LogP contribution in [0.2, 0.25) is 0 Å². The number of anilines is 1. The Morgan fingerprint density at radius 1 is 1.26 bits per heavy atom. The van der Waals surface area contributed by atoms with E-state index in [0.29, 0.717) is 13.0 Å². The van der Waals surface area contributed by atoms with Gasteiger partial charge in [0.1, 0.15) is 6.10 Å². The average molecular weight is 325 g/mol. The Labute approximate surface area is 137 Å². The third kappa shape index (κ3) is 2.95. The predicted octanol–water partition coefficient (Wildman–Crippen LogP) is 3.33. The fourth-order valence-electron chi connectivity index (χ4n) is 2.80. The molecule has 1 aromatic carbocycles. The number of nitrogens with zero attached hydrogens (tertiary/aromatic N) is 2. The molecule has 0 bridgehead atoms. The number of nitrogens with one attached hydrogen (secondary N) is 1. The average Bonchev–Trinajstić information content (AvgIpc) is 3.04. The van der Waals surface area contributed by atoms with Crippen LogP contribution in [0.1, 0.15) is 23.0 Å². The Bertz CT molecular complexity index is 862.